The maximum Gasteiger partial charge on any atom is 0.331 e. The highest BCUT2D eigenvalue weighted by Gasteiger charge is 2.33. The Morgan fingerprint density at radius 2 is 1.83 bits per heavy atom. The molecule has 132 valence electrons. The first kappa shape index (κ1) is 19.7. The van der Waals surface area contributed by atoms with E-state index in [-0.39, 0.29) is 0 Å². The second-order valence-electron chi connectivity index (χ2n) is 7.27. The topological polar surface area (TPSA) is 63.6 Å². The summed E-state index contributed by atoms with van der Waals surface area (Å²) in [4.78, 5) is 22.2. The van der Waals surface area contributed by atoms with Crippen LogP contribution in [0.3, 0.4) is 0 Å². The number of carbonyl (C=O) groups excluding carboxylic acids is 1. The average molecular weight is 324 g/mol. The van der Waals surface area contributed by atoms with Gasteiger partial charge in [0.25, 0.3) is 0 Å². The van der Waals surface area contributed by atoms with Gasteiger partial charge in [0.2, 0.25) is 0 Å². The molecule has 0 bridgehead atoms. The Kier molecular flexibility index (Phi) is 7.80. The fraction of sp³-hybridized carbons (Fsp3) is 0.789. The Balaban J connectivity index is 2.52. The molecule has 0 aromatic heterocycles. The van der Waals surface area contributed by atoms with Crippen LogP contribution < -0.4 is 0 Å². The van der Waals surface area contributed by atoms with Crippen LogP contribution in [0.15, 0.2) is 12.2 Å². The lowest BCUT2D eigenvalue weighted by atomic mass is 9.72. The second kappa shape index (κ2) is 9.09. The first-order chi connectivity index (χ1) is 10.8. The quantitative estimate of drug-likeness (QED) is 0.524. The molecular formula is C19H32O4. The minimum Gasteiger partial charge on any atom is -0.478 e. The van der Waals surface area contributed by atoms with E-state index in [1.165, 1.54) is 32.1 Å². The zero-order valence-electron chi connectivity index (χ0n) is 15.0. The molecule has 1 aliphatic rings. The molecule has 4 heteroatoms. The highest BCUT2D eigenvalue weighted by Crippen LogP contribution is 2.39. The molecule has 2 unspecified atom stereocenters. The van der Waals surface area contributed by atoms with E-state index in [1.807, 2.05) is 13.8 Å². The van der Waals surface area contributed by atoms with Gasteiger partial charge >= 0.3 is 11.9 Å². The minimum absolute atomic E-state index is 0.506. The summed E-state index contributed by atoms with van der Waals surface area (Å²) < 4.78 is 5.55. The SMILES string of the molecule is CCC(C)C1CCC(CC(C)(CC)OC(=O)/C=C/C(=O)O)CC1. The van der Waals surface area contributed by atoms with Crippen LogP contribution in [0.4, 0.5) is 0 Å². The van der Waals surface area contributed by atoms with Gasteiger partial charge in [-0.25, -0.2) is 9.59 Å². The van der Waals surface area contributed by atoms with Gasteiger partial charge in [-0.15, -0.1) is 0 Å². The summed E-state index contributed by atoms with van der Waals surface area (Å²) in [5.41, 5.74) is -0.506. The van der Waals surface area contributed by atoms with Gasteiger partial charge in [-0.3, -0.25) is 0 Å². The fourth-order valence-corrected chi connectivity index (χ4v) is 3.58. The molecule has 1 rings (SSSR count). The van der Waals surface area contributed by atoms with Crippen LogP contribution in [0.5, 0.6) is 0 Å². The van der Waals surface area contributed by atoms with E-state index in [1.54, 1.807) is 0 Å². The maximum absolute atomic E-state index is 11.8. The minimum atomic E-state index is -1.14. The Bertz CT molecular complexity index is 421. The highest BCUT2D eigenvalue weighted by atomic mass is 16.6. The van der Waals surface area contributed by atoms with Crippen molar-refractivity contribution in [1.82, 2.24) is 0 Å². The number of carbonyl (C=O) groups is 2. The molecule has 0 aromatic carbocycles. The van der Waals surface area contributed by atoms with Crippen molar-refractivity contribution >= 4 is 11.9 Å². The first-order valence-corrected chi connectivity index (χ1v) is 8.93. The highest BCUT2D eigenvalue weighted by molar-refractivity contribution is 5.90. The molecule has 0 aromatic rings. The van der Waals surface area contributed by atoms with Crippen molar-refractivity contribution < 1.29 is 19.4 Å². The van der Waals surface area contributed by atoms with Gasteiger partial charge in [0.1, 0.15) is 5.60 Å². The van der Waals surface area contributed by atoms with E-state index in [9.17, 15) is 9.59 Å². The lowest BCUT2D eigenvalue weighted by Crippen LogP contribution is -2.34. The molecule has 0 radical (unpaired) electrons. The van der Waals surface area contributed by atoms with E-state index in [0.717, 1.165) is 36.8 Å². The molecule has 1 aliphatic carbocycles. The van der Waals surface area contributed by atoms with Gasteiger partial charge in [-0.1, -0.05) is 40.0 Å². The van der Waals surface area contributed by atoms with Gasteiger partial charge in [-0.05, 0) is 50.4 Å². The van der Waals surface area contributed by atoms with Crippen LogP contribution in [0.2, 0.25) is 0 Å². The van der Waals surface area contributed by atoms with Crippen molar-refractivity contribution in [2.24, 2.45) is 17.8 Å². The van der Waals surface area contributed by atoms with E-state index in [0.29, 0.717) is 5.92 Å². The number of hydrogen-bond acceptors (Lipinski definition) is 3. The molecule has 0 spiro atoms. The molecule has 4 nitrogen and oxygen atoms in total. The summed E-state index contributed by atoms with van der Waals surface area (Å²) in [7, 11) is 0. The number of ether oxygens (including phenoxy) is 1. The number of aliphatic carboxylic acids is 1. The fourth-order valence-electron chi connectivity index (χ4n) is 3.58. The molecule has 1 N–H and O–H groups in total. The molecule has 0 amide bonds. The average Bonchev–Trinajstić information content (AvgIpc) is 2.52. The molecule has 0 saturated heterocycles. The first-order valence-electron chi connectivity index (χ1n) is 8.93. The summed E-state index contributed by atoms with van der Waals surface area (Å²) in [5, 5.41) is 8.57. The van der Waals surface area contributed by atoms with Crippen LogP contribution in [0.25, 0.3) is 0 Å². The molecule has 23 heavy (non-hydrogen) atoms. The van der Waals surface area contributed by atoms with E-state index in [4.69, 9.17) is 9.84 Å². The number of carboxylic acids is 1. The molecule has 0 heterocycles. The zero-order valence-corrected chi connectivity index (χ0v) is 15.0. The van der Waals surface area contributed by atoms with Gasteiger partial charge in [0.05, 0.1) is 0 Å². The molecule has 2 atom stereocenters. The summed E-state index contributed by atoms with van der Waals surface area (Å²) in [5.74, 6) is 0.530. The summed E-state index contributed by atoms with van der Waals surface area (Å²) in [6.45, 7) is 8.58. The molecule has 1 saturated carbocycles. The third-order valence-corrected chi connectivity index (χ3v) is 5.52. The third kappa shape index (κ3) is 6.76. The summed E-state index contributed by atoms with van der Waals surface area (Å²) in [6, 6.07) is 0. The van der Waals surface area contributed by atoms with Gasteiger partial charge in [0.15, 0.2) is 0 Å². The van der Waals surface area contributed by atoms with E-state index < -0.39 is 17.5 Å². The summed E-state index contributed by atoms with van der Waals surface area (Å²) in [6.07, 6.45) is 9.62. The van der Waals surface area contributed by atoms with Crippen LogP contribution in [0, 0.1) is 17.8 Å². The smallest absolute Gasteiger partial charge is 0.331 e. The standard InChI is InChI=1S/C19H32O4/c1-5-14(3)16-9-7-15(8-10-16)13-19(4,6-2)23-18(22)12-11-17(20)21/h11-12,14-16H,5-10,13H2,1-4H3,(H,20,21)/b12-11+. The normalized spacial score (nSPS) is 25.7. The Hall–Kier alpha value is -1.32. The lowest BCUT2D eigenvalue weighted by Gasteiger charge is -2.37. The van der Waals surface area contributed by atoms with Crippen molar-refractivity contribution in [1.29, 1.82) is 0 Å². The maximum atomic E-state index is 11.8. The van der Waals surface area contributed by atoms with Crippen molar-refractivity contribution in [2.45, 2.75) is 78.2 Å². The summed E-state index contributed by atoms with van der Waals surface area (Å²) >= 11 is 0. The number of rotatable bonds is 8. The number of carboxylic acid groups (broad SMARTS) is 1. The third-order valence-electron chi connectivity index (χ3n) is 5.52. The van der Waals surface area contributed by atoms with E-state index in [2.05, 4.69) is 13.8 Å². The number of hydrogen-bond donors (Lipinski definition) is 1. The van der Waals surface area contributed by atoms with Crippen molar-refractivity contribution in [2.75, 3.05) is 0 Å². The van der Waals surface area contributed by atoms with Gasteiger partial charge in [0, 0.05) is 12.2 Å². The number of esters is 1. The molecule has 0 aliphatic heterocycles. The Morgan fingerprint density at radius 3 is 2.30 bits per heavy atom. The van der Waals surface area contributed by atoms with Crippen molar-refractivity contribution in [3.8, 4) is 0 Å². The van der Waals surface area contributed by atoms with Crippen molar-refractivity contribution in [3.05, 3.63) is 12.2 Å². The van der Waals surface area contributed by atoms with Crippen LogP contribution in [-0.2, 0) is 14.3 Å². The van der Waals surface area contributed by atoms with E-state index >= 15 is 0 Å². The molecule has 1 fully saturated rings. The van der Waals surface area contributed by atoms with Gasteiger partial charge < -0.3 is 9.84 Å². The predicted octanol–water partition coefficient (Wildman–Crippen LogP) is 4.58. The van der Waals surface area contributed by atoms with Crippen molar-refractivity contribution in [3.63, 3.8) is 0 Å². The monoisotopic (exact) mass is 324 g/mol. The Morgan fingerprint density at radius 1 is 1.22 bits per heavy atom. The lowest BCUT2D eigenvalue weighted by molar-refractivity contribution is -0.154. The zero-order chi connectivity index (χ0) is 17.5. The van der Waals surface area contributed by atoms with Crippen LogP contribution in [-0.4, -0.2) is 22.6 Å². The Labute approximate surface area is 140 Å². The molecular weight excluding hydrogens is 292 g/mol. The predicted molar refractivity (Wildman–Crippen MR) is 91.1 cm³/mol. The largest absolute Gasteiger partial charge is 0.478 e. The van der Waals surface area contributed by atoms with Gasteiger partial charge in [-0.2, -0.15) is 0 Å². The second-order valence-corrected chi connectivity index (χ2v) is 7.27. The van der Waals surface area contributed by atoms with Crippen LogP contribution in [0.1, 0.15) is 72.6 Å². The van der Waals surface area contributed by atoms with Crippen LogP contribution >= 0.6 is 0 Å².